The van der Waals surface area contributed by atoms with Gasteiger partial charge in [0.2, 0.25) is 5.95 Å². The van der Waals surface area contributed by atoms with E-state index in [1.165, 1.54) is 6.07 Å². The van der Waals surface area contributed by atoms with Crippen LogP contribution in [0, 0.1) is 18.6 Å². The Bertz CT molecular complexity index is 1380. The van der Waals surface area contributed by atoms with Crippen LogP contribution in [0.15, 0.2) is 36.7 Å². The van der Waals surface area contributed by atoms with Crippen molar-refractivity contribution < 1.29 is 13.9 Å². The van der Waals surface area contributed by atoms with Crippen molar-refractivity contribution in [3.05, 3.63) is 59.7 Å². The lowest BCUT2D eigenvalue weighted by atomic mass is 10.1. The molecule has 0 atom stereocenters. The molecular formula is C26H29F2N7O. The van der Waals surface area contributed by atoms with E-state index in [-0.39, 0.29) is 29.3 Å². The second-order valence-corrected chi connectivity index (χ2v) is 9.52. The number of hydrogen-bond donors (Lipinski definition) is 2. The molecule has 188 valence electrons. The highest BCUT2D eigenvalue weighted by Gasteiger charge is 2.19. The van der Waals surface area contributed by atoms with Crippen molar-refractivity contribution in [2.45, 2.75) is 52.3 Å². The maximum Gasteiger partial charge on any atom is 0.229 e. The van der Waals surface area contributed by atoms with Crippen molar-refractivity contribution in [1.82, 2.24) is 29.4 Å². The Morgan fingerprint density at radius 2 is 1.83 bits per heavy atom. The summed E-state index contributed by atoms with van der Waals surface area (Å²) in [4.78, 5) is 19.4. The molecule has 0 spiro atoms. The zero-order valence-electron chi connectivity index (χ0n) is 20.5. The number of rotatable bonds is 6. The Balaban J connectivity index is 1.38. The number of anilines is 2. The van der Waals surface area contributed by atoms with Crippen molar-refractivity contribution in [1.29, 1.82) is 0 Å². The summed E-state index contributed by atoms with van der Waals surface area (Å²) < 4.78 is 31.6. The predicted octanol–water partition coefficient (Wildman–Crippen LogP) is 4.76. The summed E-state index contributed by atoms with van der Waals surface area (Å²) in [6, 6.07) is 6.80. The van der Waals surface area contributed by atoms with Crippen LogP contribution in [0.1, 0.15) is 44.1 Å². The summed E-state index contributed by atoms with van der Waals surface area (Å²) in [5, 5.41) is 12.7. The Hall–Kier alpha value is -3.50. The monoisotopic (exact) mass is 493 g/mol. The minimum absolute atomic E-state index is 0.00800. The summed E-state index contributed by atoms with van der Waals surface area (Å²) in [5.41, 5.74) is 2.19. The lowest BCUT2D eigenvalue weighted by molar-refractivity contribution is 0.0792. The van der Waals surface area contributed by atoms with Crippen LogP contribution in [-0.2, 0) is 6.54 Å². The number of aromatic nitrogens is 5. The van der Waals surface area contributed by atoms with Crippen LogP contribution in [0.2, 0.25) is 0 Å². The number of benzene rings is 1. The molecule has 0 bridgehead atoms. The van der Waals surface area contributed by atoms with Crippen LogP contribution >= 0.6 is 0 Å². The fourth-order valence-corrected chi connectivity index (χ4v) is 4.73. The van der Waals surface area contributed by atoms with E-state index >= 15 is 0 Å². The number of fused-ring (bicyclic) bond motifs is 1. The number of pyridine rings is 1. The van der Waals surface area contributed by atoms with Gasteiger partial charge in [0.25, 0.3) is 0 Å². The molecule has 0 saturated carbocycles. The molecule has 0 amide bonds. The predicted molar refractivity (Wildman–Crippen MR) is 134 cm³/mol. The lowest BCUT2D eigenvalue weighted by Gasteiger charge is -2.29. The third kappa shape index (κ3) is 4.91. The third-order valence-corrected chi connectivity index (χ3v) is 6.49. The van der Waals surface area contributed by atoms with Gasteiger partial charge in [-0.3, -0.25) is 4.90 Å². The van der Waals surface area contributed by atoms with E-state index < -0.39 is 11.6 Å². The van der Waals surface area contributed by atoms with E-state index in [0.29, 0.717) is 22.7 Å². The highest BCUT2D eigenvalue weighted by molar-refractivity contribution is 5.83. The minimum atomic E-state index is -0.651. The molecule has 0 aliphatic carbocycles. The number of nitrogens with zero attached hydrogens (tertiary/aromatic N) is 6. The molecule has 1 aliphatic heterocycles. The average Bonchev–Trinajstić information content (AvgIpc) is 3.19. The molecule has 10 heteroatoms. The number of nitrogens with one attached hydrogen (secondary N) is 1. The fraction of sp³-hybridized carbons (Fsp3) is 0.385. The maximum atomic E-state index is 14.9. The van der Waals surface area contributed by atoms with Crippen LogP contribution in [0.3, 0.4) is 0 Å². The quantitative estimate of drug-likeness (QED) is 0.400. The number of piperidine rings is 1. The summed E-state index contributed by atoms with van der Waals surface area (Å²) >= 11 is 0. The number of aliphatic hydroxyl groups excluding tert-OH is 1. The molecule has 5 rings (SSSR count). The van der Waals surface area contributed by atoms with E-state index in [9.17, 15) is 13.9 Å². The number of aliphatic hydroxyl groups is 1. The zero-order valence-corrected chi connectivity index (χ0v) is 20.5. The molecule has 4 heterocycles. The van der Waals surface area contributed by atoms with Crippen LogP contribution in [0.25, 0.3) is 22.3 Å². The van der Waals surface area contributed by atoms with Gasteiger partial charge >= 0.3 is 0 Å². The van der Waals surface area contributed by atoms with Crippen molar-refractivity contribution in [3.63, 3.8) is 0 Å². The summed E-state index contributed by atoms with van der Waals surface area (Å²) in [6.45, 7) is 8.27. The van der Waals surface area contributed by atoms with Crippen LogP contribution in [-0.4, -0.2) is 53.7 Å². The normalized spacial score (nSPS) is 15.2. The molecule has 1 aromatic carbocycles. The van der Waals surface area contributed by atoms with Gasteiger partial charge in [0.1, 0.15) is 22.9 Å². The third-order valence-electron chi connectivity index (χ3n) is 6.49. The molecule has 0 radical (unpaired) electrons. The van der Waals surface area contributed by atoms with Crippen LogP contribution in [0.4, 0.5) is 20.5 Å². The molecule has 8 nitrogen and oxygen atoms in total. The molecule has 0 unspecified atom stereocenters. The van der Waals surface area contributed by atoms with Gasteiger partial charge in [0.05, 0.1) is 17.8 Å². The largest absolute Gasteiger partial charge is 0.393 e. The summed E-state index contributed by atoms with van der Waals surface area (Å²) in [5.74, 6) is 0.180. The van der Waals surface area contributed by atoms with E-state index in [2.05, 4.69) is 30.2 Å². The number of likely N-dealkylation sites (tertiary alicyclic amines) is 1. The van der Waals surface area contributed by atoms with E-state index in [0.717, 1.165) is 44.2 Å². The molecule has 1 fully saturated rings. The second-order valence-electron chi connectivity index (χ2n) is 9.52. The van der Waals surface area contributed by atoms with Gasteiger partial charge in [0, 0.05) is 37.4 Å². The van der Waals surface area contributed by atoms with Crippen molar-refractivity contribution in [3.8, 4) is 11.3 Å². The van der Waals surface area contributed by atoms with E-state index in [1.54, 1.807) is 12.3 Å². The average molecular weight is 494 g/mol. The fourth-order valence-electron chi connectivity index (χ4n) is 4.73. The van der Waals surface area contributed by atoms with Crippen LogP contribution in [0.5, 0.6) is 0 Å². The van der Waals surface area contributed by atoms with Gasteiger partial charge in [0.15, 0.2) is 11.6 Å². The Morgan fingerprint density at radius 3 is 2.53 bits per heavy atom. The van der Waals surface area contributed by atoms with Gasteiger partial charge in [-0.2, -0.15) is 0 Å². The molecule has 1 saturated heterocycles. The lowest BCUT2D eigenvalue weighted by Crippen LogP contribution is -2.35. The maximum absolute atomic E-state index is 14.9. The SMILES string of the molecule is Cc1nc2c(F)cc(-c3nc(Nc4ccc(CN5CCC(O)CC5)cn4)ncc3F)cc2n1C(C)C. The zero-order chi connectivity index (χ0) is 25.4. The summed E-state index contributed by atoms with van der Waals surface area (Å²) in [7, 11) is 0. The van der Waals surface area contributed by atoms with Gasteiger partial charge in [-0.1, -0.05) is 6.07 Å². The second kappa shape index (κ2) is 9.87. The Labute approximate surface area is 208 Å². The van der Waals surface area contributed by atoms with Crippen molar-refractivity contribution in [2.75, 3.05) is 18.4 Å². The number of hydrogen-bond acceptors (Lipinski definition) is 7. The van der Waals surface area contributed by atoms with Gasteiger partial charge in [-0.05, 0) is 57.4 Å². The van der Waals surface area contributed by atoms with Gasteiger partial charge in [-0.15, -0.1) is 0 Å². The molecule has 36 heavy (non-hydrogen) atoms. The van der Waals surface area contributed by atoms with Crippen molar-refractivity contribution >= 4 is 22.8 Å². The molecule has 3 aromatic heterocycles. The highest BCUT2D eigenvalue weighted by atomic mass is 19.1. The van der Waals surface area contributed by atoms with Crippen molar-refractivity contribution in [2.24, 2.45) is 0 Å². The minimum Gasteiger partial charge on any atom is -0.393 e. The first kappa shape index (κ1) is 24.2. The number of halogens is 2. The van der Waals surface area contributed by atoms with E-state index in [1.807, 2.05) is 37.5 Å². The number of aryl methyl sites for hydroxylation is 1. The first-order chi connectivity index (χ1) is 17.3. The van der Waals surface area contributed by atoms with Crippen LogP contribution < -0.4 is 5.32 Å². The Kier molecular flexibility index (Phi) is 6.63. The van der Waals surface area contributed by atoms with E-state index in [4.69, 9.17) is 0 Å². The first-order valence-corrected chi connectivity index (χ1v) is 12.1. The smallest absolute Gasteiger partial charge is 0.229 e. The first-order valence-electron chi connectivity index (χ1n) is 12.1. The Morgan fingerprint density at radius 1 is 1.06 bits per heavy atom. The molecular weight excluding hydrogens is 464 g/mol. The van der Waals surface area contributed by atoms with Gasteiger partial charge < -0.3 is 15.0 Å². The molecule has 2 N–H and O–H groups in total. The molecule has 1 aliphatic rings. The summed E-state index contributed by atoms with van der Waals surface area (Å²) in [6.07, 6.45) is 4.21. The molecule has 4 aromatic rings. The topological polar surface area (TPSA) is 92.0 Å². The number of imidazole rings is 1. The highest BCUT2D eigenvalue weighted by Crippen LogP contribution is 2.30. The standard InChI is InChI=1S/C26H29F2N7O/c1-15(2)35-16(3)31-25-20(27)10-18(11-22(25)35)24-21(28)13-30-26(33-24)32-23-5-4-17(12-29-23)14-34-8-6-19(36)7-9-34/h4-5,10-13,15,19,36H,6-9,14H2,1-3H3,(H,29,30,32,33). The van der Waals surface area contributed by atoms with Gasteiger partial charge in [-0.25, -0.2) is 28.7 Å².